The summed E-state index contributed by atoms with van der Waals surface area (Å²) >= 11 is 0. The van der Waals surface area contributed by atoms with Crippen LogP contribution in [-0.4, -0.2) is 25.9 Å². The molecule has 1 aliphatic heterocycles. The van der Waals surface area contributed by atoms with Crippen molar-refractivity contribution in [1.82, 2.24) is 19.3 Å². The number of pyridine rings is 2. The monoisotopic (exact) mass is 396 g/mol. The second-order valence-corrected chi connectivity index (χ2v) is 7.26. The lowest BCUT2D eigenvalue weighted by Crippen LogP contribution is -2.19. The van der Waals surface area contributed by atoms with Crippen LogP contribution in [0.4, 0.5) is 8.78 Å². The fourth-order valence-electron chi connectivity index (χ4n) is 3.81. The fraction of sp³-hybridized carbons (Fsp3) is 0.286. The molecule has 0 saturated carbocycles. The minimum Gasteiger partial charge on any atom is -0.356 e. The molecular formula is C21H18F2N4O2. The summed E-state index contributed by atoms with van der Waals surface area (Å²) in [7, 11) is 1.67. The predicted molar refractivity (Wildman–Crippen MR) is 104 cm³/mol. The van der Waals surface area contributed by atoms with Crippen LogP contribution in [-0.2, 0) is 11.8 Å². The van der Waals surface area contributed by atoms with Gasteiger partial charge in [0.25, 0.3) is 5.56 Å². The summed E-state index contributed by atoms with van der Waals surface area (Å²) < 4.78 is 36.9. The van der Waals surface area contributed by atoms with E-state index in [0.717, 1.165) is 31.4 Å². The van der Waals surface area contributed by atoms with Crippen molar-refractivity contribution in [1.29, 1.82) is 0 Å². The van der Waals surface area contributed by atoms with Gasteiger partial charge in [-0.1, -0.05) is 0 Å². The molecule has 1 aromatic carbocycles. The van der Waals surface area contributed by atoms with E-state index >= 15 is 0 Å². The topological polar surface area (TPSA) is 61.9 Å². The third-order valence-electron chi connectivity index (χ3n) is 5.35. The minimum absolute atomic E-state index is 0.152. The highest BCUT2D eigenvalue weighted by atomic mass is 19.2. The molecule has 1 aliphatic rings. The van der Waals surface area contributed by atoms with Gasteiger partial charge in [0, 0.05) is 31.3 Å². The first kappa shape index (κ1) is 17.9. The highest BCUT2D eigenvalue weighted by molar-refractivity contribution is 5.94. The second kappa shape index (κ2) is 6.73. The fourth-order valence-corrected chi connectivity index (χ4v) is 3.81. The smallest absolute Gasteiger partial charge is 0.259 e. The van der Waals surface area contributed by atoms with Gasteiger partial charge >= 0.3 is 0 Å². The number of hydrogen-bond acceptors (Lipinski definition) is 4. The van der Waals surface area contributed by atoms with Gasteiger partial charge in [0.15, 0.2) is 17.9 Å². The lowest BCUT2D eigenvalue weighted by atomic mass is 10.1. The summed E-state index contributed by atoms with van der Waals surface area (Å²) in [5, 5.41) is 5.56. The minimum atomic E-state index is -0.947. The Morgan fingerprint density at radius 1 is 1.10 bits per heavy atom. The van der Waals surface area contributed by atoms with Crippen molar-refractivity contribution in [2.45, 2.75) is 25.5 Å². The zero-order valence-corrected chi connectivity index (χ0v) is 15.7. The van der Waals surface area contributed by atoms with Crippen LogP contribution in [0.2, 0.25) is 0 Å². The molecule has 0 radical (unpaired) electrons. The summed E-state index contributed by atoms with van der Waals surface area (Å²) in [6.45, 7) is 0.600. The summed E-state index contributed by atoms with van der Waals surface area (Å²) in [5.74, 6) is -1.88. The van der Waals surface area contributed by atoms with Gasteiger partial charge in [-0.15, -0.1) is 0 Å². The Bertz CT molecular complexity index is 1310. The molecule has 0 bridgehead atoms. The van der Waals surface area contributed by atoms with E-state index in [0.29, 0.717) is 39.8 Å². The molecule has 0 amide bonds. The Kier molecular flexibility index (Phi) is 4.16. The zero-order chi connectivity index (χ0) is 20.1. The Balaban J connectivity index is 1.74. The number of halogens is 2. The Morgan fingerprint density at radius 3 is 2.72 bits per heavy atom. The van der Waals surface area contributed by atoms with E-state index in [-0.39, 0.29) is 11.8 Å². The number of ether oxygens (including phenoxy) is 1. The van der Waals surface area contributed by atoms with E-state index in [2.05, 4.69) is 10.1 Å². The number of fused-ring (bicyclic) bond motifs is 2. The molecule has 29 heavy (non-hydrogen) atoms. The number of hydrogen-bond donors (Lipinski definition) is 0. The summed E-state index contributed by atoms with van der Waals surface area (Å²) in [6.07, 6.45) is 3.99. The third kappa shape index (κ3) is 2.91. The van der Waals surface area contributed by atoms with Crippen LogP contribution in [0.5, 0.6) is 0 Å². The molecule has 1 unspecified atom stereocenters. The summed E-state index contributed by atoms with van der Waals surface area (Å²) in [6, 6.07) is 7.39. The number of nitrogens with zero attached hydrogens (tertiary/aromatic N) is 4. The zero-order valence-electron chi connectivity index (χ0n) is 15.7. The Hall–Kier alpha value is -3.13. The highest BCUT2D eigenvalue weighted by Crippen LogP contribution is 2.33. The van der Waals surface area contributed by atoms with Crippen molar-refractivity contribution in [3.8, 4) is 11.4 Å². The van der Waals surface area contributed by atoms with Gasteiger partial charge < -0.3 is 9.30 Å². The molecule has 0 N–H and O–H groups in total. The van der Waals surface area contributed by atoms with Crippen LogP contribution < -0.4 is 5.56 Å². The first-order valence-corrected chi connectivity index (χ1v) is 9.48. The third-order valence-corrected chi connectivity index (χ3v) is 5.35. The van der Waals surface area contributed by atoms with Crippen molar-refractivity contribution in [3.05, 3.63) is 58.5 Å². The van der Waals surface area contributed by atoms with E-state index in [1.54, 1.807) is 36.1 Å². The highest BCUT2D eigenvalue weighted by Gasteiger charge is 2.24. The van der Waals surface area contributed by atoms with Crippen molar-refractivity contribution >= 4 is 21.8 Å². The van der Waals surface area contributed by atoms with Gasteiger partial charge in [-0.2, -0.15) is 5.10 Å². The molecule has 4 heterocycles. The molecule has 1 saturated heterocycles. The van der Waals surface area contributed by atoms with Crippen molar-refractivity contribution in [3.63, 3.8) is 0 Å². The SMILES string of the molecule is Cn1ccc2nc(-c3nn(C4CCCCO4)c4cc(F)c(F)cc34)ccc2c1=O. The Morgan fingerprint density at radius 2 is 1.93 bits per heavy atom. The molecule has 6 nitrogen and oxygen atoms in total. The van der Waals surface area contributed by atoms with Gasteiger partial charge in [0.1, 0.15) is 5.69 Å². The first-order chi connectivity index (χ1) is 14.0. The number of aryl methyl sites for hydroxylation is 1. The standard InChI is InChI=1S/C21H18F2N4O2/c1-26-8-7-16-12(21(26)28)5-6-17(24-16)20-13-10-14(22)15(23)11-18(13)27(25-20)19-4-2-3-9-29-19/h5-8,10-11,19H,2-4,9H2,1H3. The summed E-state index contributed by atoms with van der Waals surface area (Å²) in [5.41, 5.74) is 1.73. The van der Waals surface area contributed by atoms with E-state index < -0.39 is 11.6 Å². The van der Waals surface area contributed by atoms with Gasteiger partial charge in [0.05, 0.1) is 22.1 Å². The number of benzene rings is 1. The molecule has 4 aromatic rings. The van der Waals surface area contributed by atoms with Gasteiger partial charge in [-0.05, 0) is 43.5 Å². The average molecular weight is 396 g/mol. The maximum atomic E-state index is 14.0. The molecule has 3 aromatic heterocycles. The summed E-state index contributed by atoms with van der Waals surface area (Å²) in [4.78, 5) is 16.8. The van der Waals surface area contributed by atoms with Crippen molar-refractivity contribution in [2.24, 2.45) is 7.05 Å². The van der Waals surface area contributed by atoms with Gasteiger partial charge in [0.2, 0.25) is 0 Å². The molecule has 1 atom stereocenters. The molecule has 0 spiro atoms. The van der Waals surface area contributed by atoms with Crippen LogP contribution in [0.1, 0.15) is 25.5 Å². The lowest BCUT2D eigenvalue weighted by molar-refractivity contribution is -0.0365. The van der Waals surface area contributed by atoms with E-state index in [1.165, 1.54) is 4.57 Å². The first-order valence-electron chi connectivity index (χ1n) is 9.48. The van der Waals surface area contributed by atoms with Crippen LogP contribution in [0.3, 0.4) is 0 Å². The molecule has 1 fully saturated rings. The normalized spacial score (nSPS) is 17.3. The van der Waals surface area contributed by atoms with Crippen LogP contribution in [0, 0.1) is 11.6 Å². The quantitative estimate of drug-likeness (QED) is 0.515. The number of aromatic nitrogens is 4. The molecule has 5 rings (SSSR count). The van der Waals surface area contributed by atoms with Crippen LogP contribution in [0.15, 0.2) is 41.3 Å². The largest absolute Gasteiger partial charge is 0.356 e. The molecule has 0 aliphatic carbocycles. The lowest BCUT2D eigenvalue weighted by Gasteiger charge is -2.23. The number of rotatable bonds is 2. The van der Waals surface area contributed by atoms with Crippen molar-refractivity contribution < 1.29 is 13.5 Å². The van der Waals surface area contributed by atoms with E-state index in [9.17, 15) is 13.6 Å². The van der Waals surface area contributed by atoms with Crippen LogP contribution in [0.25, 0.3) is 33.2 Å². The molecular weight excluding hydrogens is 378 g/mol. The molecule has 8 heteroatoms. The maximum absolute atomic E-state index is 14.0. The maximum Gasteiger partial charge on any atom is 0.259 e. The Labute approximate surface area is 164 Å². The van der Waals surface area contributed by atoms with Crippen molar-refractivity contribution in [2.75, 3.05) is 6.61 Å². The predicted octanol–water partition coefficient (Wildman–Crippen LogP) is 3.93. The van der Waals surface area contributed by atoms with Crippen LogP contribution >= 0.6 is 0 Å². The van der Waals surface area contributed by atoms with Gasteiger partial charge in [-0.25, -0.2) is 18.4 Å². The average Bonchev–Trinajstić information content (AvgIpc) is 3.10. The van der Waals surface area contributed by atoms with E-state index in [1.807, 2.05) is 0 Å². The second-order valence-electron chi connectivity index (χ2n) is 7.26. The van der Waals surface area contributed by atoms with Gasteiger partial charge in [-0.3, -0.25) is 4.79 Å². The molecule has 148 valence electrons. The van der Waals surface area contributed by atoms with E-state index in [4.69, 9.17) is 4.74 Å².